The van der Waals surface area contributed by atoms with Crippen LogP contribution in [0.15, 0.2) is 54.7 Å². The Morgan fingerprint density at radius 1 is 1.21 bits per heavy atom. The average Bonchev–Trinajstić information content (AvgIpc) is 3.02. The van der Waals surface area contributed by atoms with Crippen LogP contribution in [0.5, 0.6) is 0 Å². The van der Waals surface area contributed by atoms with Crippen molar-refractivity contribution < 1.29 is 10.0 Å². The number of halogens is 1. The number of anilines is 2. The van der Waals surface area contributed by atoms with E-state index >= 15 is 0 Å². The van der Waals surface area contributed by atoms with Crippen molar-refractivity contribution in [3.63, 3.8) is 0 Å². The molecule has 4 rings (SSSR count). The predicted molar refractivity (Wildman–Crippen MR) is 92.2 cm³/mol. The largest absolute Gasteiger partial charge is 0.733 e. The number of para-hydroxylation sites is 1. The number of aromatic amines is 1. The normalized spacial score (nSPS) is 20.3. The van der Waals surface area contributed by atoms with Gasteiger partial charge in [0.25, 0.3) is 0 Å². The molecule has 1 aromatic heterocycles. The molecule has 6 nitrogen and oxygen atoms in total. The van der Waals surface area contributed by atoms with E-state index in [1.807, 2.05) is 24.3 Å². The van der Waals surface area contributed by atoms with Crippen LogP contribution >= 0.6 is 11.6 Å². The lowest BCUT2D eigenvalue weighted by atomic mass is 9.91. The topological polar surface area (TPSA) is 82.6 Å². The molecule has 2 aromatic carbocycles. The third-order valence-corrected chi connectivity index (χ3v) is 4.72. The Labute approximate surface area is 142 Å². The van der Waals surface area contributed by atoms with Gasteiger partial charge in [-0.15, -0.1) is 0 Å². The zero-order valence-electron chi connectivity index (χ0n) is 12.4. The van der Waals surface area contributed by atoms with Crippen LogP contribution < -0.4 is 10.1 Å². The Kier molecular flexibility index (Phi) is 3.45. The van der Waals surface area contributed by atoms with Gasteiger partial charge in [0.05, 0.1) is 5.69 Å². The van der Waals surface area contributed by atoms with E-state index in [2.05, 4.69) is 4.98 Å². The number of nitrogens with one attached hydrogen (secondary N) is 1. The lowest BCUT2D eigenvalue weighted by molar-refractivity contribution is -0.124. The second-order valence-corrected chi connectivity index (χ2v) is 6.04. The number of H-pyrrole nitrogens is 1. The first kappa shape index (κ1) is 15.0. The highest BCUT2D eigenvalue weighted by Gasteiger charge is 2.48. The molecular formula is C17H13ClN3O3-. The van der Waals surface area contributed by atoms with Crippen LogP contribution in [-0.4, -0.2) is 21.5 Å². The molecule has 0 saturated carbocycles. The number of hydrogen-bond donors (Lipinski definition) is 2. The van der Waals surface area contributed by atoms with Crippen LogP contribution in [0.4, 0.5) is 11.4 Å². The number of ketones is 1. The molecule has 2 N–H and O–H groups in total. The number of aromatic nitrogens is 1. The van der Waals surface area contributed by atoms with E-state index in [1.54, 1.807) is 23.2 Å². The number of alkyl halides is 1. The maximum atomic E-state index is 12.4. The van der Waals surface area contributed by atoms with Gasteiger partial charge in [-0.05, 0) is 24.3 Å². The molecule has 1 aliphatic heterocycles. The molecule has 0 amide bonds. The number of fused-ring (bicyclic) bond motifs is 1. The first-order chi connectivity index (χ1) is 11.6. The summed E-state index contributed by atoms with van der Waals surface area (Å²) >= 11 is 6.21. The Balaban J connectivity index is 1.78. The molecule has 24 heavy (non-hydrogen) atoms. The molecule has 2 heterocycles. The minimum atomic E-state index is -0.808. The molecule has 2 unspecified atom stereocenters. The number of Topliss-reactive ketones (excluding diaryl/α,β-unsaturated/α-hetero) is 1. The van der Waals surface area contributed by atoms with E-state index in [0.717, 1.165) is 16.5 Å². The summed E-state index contributed by atoms with van der Waals surface area (Å²) in [5.74, 6) is -0.102. The van der Waals surface area contributed by atoms with Crippen molar-refractivity contribution >= 4 is 39.7 Å². The lowest BCUT2D eigenvalue weighted by Crippen LogP contribution is -2.56. The summed E-state index contributed by atoms with van der Waals surface area (Å²) in [4.78, 5) is 17.3. The second kappa shape index (κ2) is 5.52. The van der Waals surface area contributed by atoms with Gasteiger partial charge in [0.1, 0.15) is 6.04 Å². The first-order valence-electron chi connectivity index (χ1n) is 7.36. The van der Waals surface area contributed by atoms with Gasteiger partial charge in [-0.2, -0.15) is 0 Å². The van der Waals surface area contributed by atoms with Gasteiger partial charge in [-0.3, -0.25) is 10.0 Å². The van der Waals surface area contributed by atoms with E-state index in [-0.39, 0.29) is 16.7 Å². The molecule has 3 aromatic rings. The fourth-order valence-corrected chi connectivity index (χ4v) is 3.47. The van der Waals surface area contributed by atoms with Crippen molar-refractivity contribution in [3.8, 4) is 0 Å². The molecule has 122 valence electrons. The Bertz CT molecular complexity index is 924. The first-order valence-corrected chi connectivity index (χ1v) is 7.80. The summed E-state index contributed by atoms with van der Waals surface area (Å²) in [7, 11) is 0. The van der Waals surface area contributed by atoms with Crippen molar-refractivity contribution in [2.24, 2.45) is 0 Å². The summed E-state index contributed by atoms with van der Waals surface area (Å²) in [6, 6.07) is 13.5. The van der Waals surface area contributed by atoms with Crippen LogP contribution in [0.1, 0.15) is 11.6 Å². The maximum Gasteiger partial charge on any atom is 0.197 e. The summed E-state index contributed by atoms with van der Waals surface area (Å²) in [5.41, 5.74) is 1.64. The molecule has 0 aliphatic carbocycles. The molecule has 0 radical (unpaired) electrons. The lowest BCUT2D eigenvalue weighted by Gasteiger charge is -2.45. The summed E-state index contributed by atoms with van der Waals surface area (Å²) in [6.07, 6.45) is 1.80. The highest BCUT2D eigenvalue weighted by Crippen LogP contribution is 2.44. The van der Waals surface area contributed by atoms with Crippen LogP contribution in [0.25, 0.3) is 10.9 Å². The third kappa shape index (κ3) is 2.16. The Hall–Kier alpha value is -2.54. The van der Waals surface area contributed by atoms with E-state index in [0.29, 0.717) is 5.69 Å². The number of carbonyl (C=O) groups is 1. The van der Waals surface area contributed by atoms with E-state index in [9.17, 15) is 10.0 Å². The minimum Gasteiger partial charge on any atom is -0.733 e. The molecule has 1 aliphatic rings. The van der Waals surface area contributed by atoms with Crippen LogP contribution in [0, 0.1) is 5.21 Å². The number of carbonyl (C=O) groups excluding carboxylic acids is 1. The maximum absolute atomic E-state index is 12.4. The van der Waals surface area contributed by atoms with E-state index < -0.39 is 11.5 Å². The highest BCUT2D eigenvalue weighted by molar-refractivity contribution is 6.37. The third-order valence-electron chi connectivity index (χ3n) is 4.29. The van der Waals surface area contributed by atoms with Crippen LogP contribution in [0.3, 0.4) is 0 Å². The van der Waals surface area contributed by atoms with E-state index in [1.165, 1.54) is 12.1 Å². The molecule has 1 saturated heterocycles. The molecule has 1 fully saturated rings. The van der Waals surface area contributed by atoms with Crippen molar-refractivity contribution in [2.75, 3.05) is 10.1 Å². The molecule has 0 bridgehead atoms. The zero-order chi connectivity index (χ0) is 16.8. The number of hydrogen-bond acceptors (Lipinski definition) is 5. The fourth-order valence-electron chi connectivity index (χ4n) is 3.13. The predicted octanol–water partition coefficient (Wildman–Crippen LogP) is 3.56. The van der Waals surface area contributed by atoms with Crippen LogP contribution in [0.2, 0.25) is 0 Å². The molecule has 2 atom stereocenters. The van der Waals surface area contributed by atoms with Gasteiger partial charge in [-0.25, -0.2) is 0 Å². The van der Waals surface area contributed by atoms with Gasteiger partial charge < -0.3 is 20.3 Å². The van der Waals surface area contributed by atoms with Crippen LogP contribution in [-0.2, 0) is 4.79 Å². The van der Waals surface area contributed by atoms with Gasteiger partial charge in [0.2, 0.25) is 0 Å². The Morgan fingerprint density at radius 2 is 2.00 bits per heavy atom. The van der Waals surface area contributed by atoms with Crippen molar-refractivity contribution in [1.29, 1.82) is 0 Å². The Morgan fingerprint density at radius 3 is 2.79 bits per heavy atom. The number of benzene rings is 2. The quantitative estimate of drug-likeness (QED) is 0.432. The van der Waals surface area contributed by atoms with Gasteiger partial charge in [-0.1, -0.05) is 35.9 Å². The highest BCUT2D eigenvalue weighted by atomic mass is 35.5. The van der Waals surface area contributed by atoms with Crippen molar-refractivity contribution in [2.45, 2.75) is 11.5 Å². The second-order valence-electron chi connectivity index (χ2n) is 5.63. The monoisotopic (exact) mass is 342 g/mol. The zero-order valence-corrected chi connectivity index (χ0v) is 13.1. The van der Waals surface area contributed by atoms with Crippen molar-refractivity contribution in [3.05, 3.63) is 65.5 Å². The van der Waals surface area contributed by atoms with Gasteiger partial charge in [0.15, 0.2) is 11.3 Å². The summed E-state index contributed by atoms with van der Waals surface area (Å²) in [6.45, 7) is 0. The van der Waals surface area contributed by atoms with Gasteiger partial charge >= 0.3 is 0 Å². The van der Waals surface area contributed by atoms with Gasteiger partial charge in [0, 0.05) is 28.4 Å². The molecule has 0 spiro atoms. The SMILES string of the molecule is O=C1C(Cl)N(c2cccc(N([O-])O)c2)C1c1c[nH]c2ccccc12. The fraction of sp³-hybridized carbons (Fsp3) is 0.118. The molecule has 7 heteroatoms. The standard InChI is InChI=1S/C17H13ClN3O3/c18-17-16(22)15(13-9-19-14-7-2-1-6-12(13)14)20(17)10-4-3-5-11(8-10)21(23)24/h1-9,15,17,19,23H/q-1. The van der Waals surface area contributed by atoms with E-state index in [4.69, 9.17) is 16.8 Å². The summed E-state index contributed by atoms with van der Waals surface area (Å²) in [5, 5.41) is 20.9. The number of rotatable bonds is 3. The average molecular weight is 343 g/mol. The van der Waals surface area contributed by atoms with Crippen molar-refractivity contribution in [1.82, 2.24) is 4.98 Å². The summed E-state index contributed by atoms with van der Waals surface area (Å²) < 4.78 is 0. The smallest absolute Gasteiger partial charge is 0.197 e. The molecular weight excluding hydrogens is 330 g/mol. The minimum absolute atomic E-state index is 0.0772. The number of nitrogens with zero attached hydrogens (tertiary/aromatic N) is 2.